The molecule has 0 N–H and O–H groups in total. The Balaban J connectivity index is 2.38. The van der Waals surface area contributed by atoms with E-state index in [1.807, 2.05) is 30.3 Å². The molecule has 1 aromatic carbocycles. The minimum Gasteiger partial charge on any atom is -0.371 e. The van der Waals surface area contributed by atoms with Crippen molar-refractivity contribution in [3.05, 3.63) is 46.3 Å². The van der Waals surface area contributed by atoms with Gasteiger partial charge in [0.15, 0.2) is 0 Å². The molecule has 3 aromatic rings. The van der Waals surface area contributed by atoms with Crippen molar-refractivity contribution in [1.29, 1.82) is 5.26 Å². The largest absolute Gasteiger partial charge is 0.371 e. The van der Waals surface area contributed by atoms with Crippen molar-refractivity contribution in [3.63, 3.8) is 0 Å². The van der Waals surface area contributed by atoms with Crippen LogP contribution in [-0.4, -0.2) is 36.1 Å². The number of anilines is 2. The van der Waals surface area contributed by atoms with Gasteiger partial charge in [-0.3, -0.25) is 0 Å². The first-order valence-corrected chi connectivity index (χ1v) is 12.9. The molecule has 2 heterocycles. The number of pyridine rings is 1. The monoisotopic (exact) mass is 461 g/mol. The average Bonchev–Trinajstić information content (AvgIpc) is 3.30. The molecule has 5 nitrogen and oxygen atoms in total. The lowest BCUT2D eigenvalue weighted by Gasteiger charge is -2.32. The highest BCUT2D eigenvalue weighted by molar-refractivity contribution is 7.16. The van der Waals surface area contributed by atoms with E-state index in [4.69, 9.17) is 9.97 Å². The maximum Gasteiger partial charge on any atom is 0.134 e. The van der Waals surface area contributed by atoms with Crippen molar-refractivity contribution >= 4 is 22.8 Å². The fraction of sp³-hybridized carbons (Fsp3) is 0.444. The van der Waals surface area contributed by atoms with Gasteiger partial charge in [0.05, 0.1) is 5.69 Å². The van der Waals surface area contributed by atoms with Crippen molar-refractivity contribution in [3.8, 4) is 28.0 Å². The van der Waals surface area contributed by atoms with Gasteiger partial charge in [0, 0.05) is 48.6 Å². The third kappa shape index (κ3) is 4.74. The van der Waals surface area contributed by atoms with Crippen LogP contribution in [0.5, 0.6) is 0 Å². The summed E-state index contributed by atoms with van der Waals surface area (Å²) in [4.78, 5) is 15.6. The van der Waals surface area contributed by atoms with Crippen molar-refractivity contribution in [1.82, 2.24) is 9.97 Å². The van der Waals surface area contributed by atoms with Gasteiger partial charge < -0.3 is 9.80 Å². The van der Waals surface area contributed by atoms with E-state index in [9.17, 15) is 5.26 Å². The Morgan fingerprint density at radius 2 is 1.39 bits per heavy atom. The number of benzene rings is 1. The smallest absolute Gasteiger partial charge is 0.134 e. The second-order valence-corrected chi connectivity index (χ2v) is 8.82. The topological polar surface area (TPSA) is 56.1 Å². The molecule has 0 aliphatic heterocycles. The molecular formula is C27H35N5S. The summed E-state index contributed by atoms with van der Waals surface area (Å²) in [6, 6.07) is 12.5. The SMILES string of the molecule is CCc1c(-c2nc(-c3ccccc3)sc2C#N)nc(N(CC)CC)c(CC)c1N(CC)CC. The summed E-state index contributed by atoms with van der Waals surface area (Å²) in [5.41, 5.74) is 6.35. The van der Waals surface area contributed by atoms with Crippen LogP contribution in [0.15, 0.2) is 30.3 Å². The highest BCUT2D eigenvalue weighted by Gasteiger charge is 2.27. The Labute approximate surface area is 202 Å². The fourth-order valence-corrected chi connectivity index (χ4v) is 5.33. The molecule has 0 bridgehead atoms. The molecule has 0 unspecified atom stereocenters. The van der Waals surface area contributed by atoms with Crippen LogP contribution in [0, 0.1) is 11.3 Å². The van der Waals surface area contributed by atoms with Crippen LogP contribution in [0.3, 0.4) is 0 Å². The molecule has 0 saturated heterocycles. The third-order valence-electron chi connectivity index (χ3n) is 6.17. The van der Waals surface area contributed by atoms with Gasteiger partial charge in [-0.05, 0) is 40.5 Å². The maximum atomic E-state index is 10.0. The Bertz CT molecular complexity index is 1110. The zero-order valence-electron chi connectivity index (χ0n) is 20.8. The van der Waals surface area contributed by atoms with E-state index in [2.05, 4.69) is 57.4 Å². The van der Waals surface area contributed by atoms with Gasteiger partial charge in [0.1, 0.15) is 27.5 Å². The molecule has 0 spiro atoms. The minimum absolute atomic E-state index is 0.622. The van der Waals surface area contributed by atoms with E-state index < -0.39 is 0 Å². The van der Waals surface area contributed by atoms with Gasteiger partial charge in [0.2, 0.25) is 0 Å². The Hall–Kier alpha value is -2.91. The first kappa shape index (κ1) is 24.7. The molecule has 174 valence electrons. The van der Waals surface area contributed by atoms with Gasteiger partial charge in [-0.2, -0.15) is 5.26 Å². The van der Waals surface area contributed by atoms with E-state index in [1.165, 1.54) is 28.2 Å². The number of hydrogen-bond acceptors (Lipinski definition) is 6. The van der Waals surface area contributed by atoms with Crippen LogP contribution in [0.2, 0.25) is 0 Å². The highest BCUT2D eigenvalue weighted by atomic mass is 32.1. The Morgan fingerprint density at radius 1 is 0.788 bits per heavy atom. The van der Waals surface area contributed by atoms with Gasteiger partial charge in [-0.15, -0.1) is 11.3 Å². The first-order chi connectivity index (χ1) is 16.1. The molecule has 0 radical (unpaired) electrons. The zero-order valence-corrected chi connectivity index (χ0v) is 21.6. The van der Waals surface area contributed by atoms with Crippen molar-refractivity contribution in [2.75, 3.05) is 36.0 Å². The van der Waals surface area contributed by atoms with Gasteiger partial charge in [0.25, 0.3) is 0 Å². The lowest BCUT2D eigenvalue weighted by atomic mass is 9.98. The Morgan fingerprint density at radius 3 is 1.91 bits per heavy atom. The van der Waals surface area contributed by atoms with Crippen LogP contribution < -0.4 is 9.80 Å². The molecule has 0 amide bonds. The summed E-state index contributed by atoms with van der Waals surface area (Å²) in [5, 5.41) is 10.9. The number of thiazole rings is 1. The molecular weight excluding hydrogens is 426 g/mol. The minimum atomic E-state index is 0.622. The maximum absolute atomic E-state index is 10.0. The van der Waals surface area contributed by atoms with Gasteiger partial charge in [-0.25, -0.2) is 9.97 Å². The molecule has 0 atom stereocenters. The standard InChI is InChI=1S/C27H35N5S/c1-7-20-23(24-22(18-28)33-27(30-24)19-16-14-13-15-17-19)29-26(32(11-5)12-6)21(8-2)25(20)31(9-3)10-4/h13-17H,7-12H2,1-6H3. The third-order valence-corrected chi connectivity index (χ3v) is 7.18. The normalized spacial score (nSPS) is 10.8. The fourth-order valence-electron chi connectivity index (χ4n) is 4.46. The lowest BCUT2D eigenvalue weighted by molar-refractivity contribution is 0.810. The predicted octanol–water partition coefficient (Wildman–Crippen LogP) is 6.56. The molecule has 33 heavy (non-hydrogen) atoms. The van der Waals surface area contributed by atoms with E-state index in [1.54, 1.807) is 0 Å². The highest BCUT2D eigenvalue weighted by Crippen LogP contribution is 2.41. The van der Waals surface area contributed by atoms with E-state index in [0.717, 1.165) is 61.1 Å². The summed E-state index contributed by atoms with van der Waals surface area (Å²) >= 11 is 1.45. The average molecular weight is 462 g/mol. The lowest BCUT2D eigenvalue weighted by Crippen LogP contribution is -2.29. The Kier molecular flexibility index (Phi) is 8.46. The van der Waals surface area contributed by atoms with Crippen molar-refractivity contribution in [2.45, 2.75) is 54.4 Å². The van der Waals surface area contributed by atoms with Gasteiger partial charge >= 0.3 is 0 Å². The number of hydrogen-bond donors (Lipinski definition) is 0. The summed E-state index contributed by atoms with van der Waals surface area (Å²) in [7, 11) is 0. The summed E-state index contributed by atoms with van der Waals surface area (Å²) < 4.78 is 0. The van der Waals surface area contributed by atoms with Crippen LogP contribution >= 0.6 is 11.3 Å². The van der Waals surface area contributed by atoms with Crippen molar-refractivity contribution < 1.29 is 0 Å². The van der Waals surface area contributed by atoms with Crippen LogP contribution in [0.25, 0.3) is 22.0 Å². The van der Waals surface area contributed by atoms with Crippen LogP contribution in [0.1, 0.15) is 57.5 Å². The van der Waals surface area contributed by atoms with Crippen molar-refractivity contribution in [2.24, 2.45) is 0 Å². The number of nitrogens with zero attached hydrogens (tertiary/aromatic N) is 5. The number of nitriles is 1. The van der Waals surface area contributed by atoms with Gasteiger partial charge in [-0.1, -0.05) is 44.2 Å². The second kappa shape index (κ2) is 11.3. The molecule has 0 aliphatic carbocycles. The molecule has 0 saturated carbocycles. The molecule has 6 heteroatoms. The van der Waals surface area contributed by atoms with E-state index in [-0.39, 0.29) is 0 Å². The second-order valence-electron chi connectivity index (χ2n) is 7.82. The molecule has 0 aliphatic rings. The summed E-state index contributed by atoms with van der Waals surface area (Å²) in [5.74, 6) is 1.02. The molecule has 2 aromatic heterocycles. The van der Waals surface area contributed by atoms with E-state index >= 15 is 0 Å². The quantitative estimate of drug-likeness (QED) is 0.342. The first-order valence-electron chi connectivity index (χ1n) is 12.1. The molecule has 3 rings (SSSR count). The summed E-state index contributed by atoms with van der Waals surface area (Å²) in [6.07, 6.45) is 1.75. The molecule has 0 fully saturated rings. The predicted molar refractivity (Wildman–Crippen MR) is 141 cm³/mol. The van der Waals surface area contributed by atoms with Crippen LogP contribution in [-0.2, 0) is 12.8 Å². The van der Waals surface area contributed by atoms with E-state index in [0.29, 0.717) is 10.6 Å². The zero-order chi connectivity index (χ0) is 24.0. The summed E-state index contributed by atoms with van der Waals surface area (Å²) in [6.45, 7) is 16.8. The number of aromatic nitrogens is 2. The van der Waals surface area contributed by atoms with Crippen LogP contribution in [0.4, 0.5) is 11.5 Å². The number of rotatable bonds is 10.